The Balaban J connectivity index is 3.38. The van der Waals surface area contributed by atoms with Gasteiger partial charge in [-0.15, -0.1) is 0 Å². The van der Waals surface area contributed by atoms with Crippen LogP contribution in [0, 0.1) is 0 Å². The van der Waals surface area contributed by atoms with E-state index in [9.17, 15) is 0 Å². The predicted molar refractivity (Wildman–Crippen MR) is 64.2 cm³/mol. The smallest absolute Gasteiger partial charge is 0.0558 e. The van der Waals surface area contributed by atoms with Crippen LogP contribution in [0.15, 0.2) is 0 Å². The number of hydrogen-bond donors (Lipinski definition) is 4. The second kappa shape index (κ2) is 11.9. The van der Waals surface area contributed by atoms with Gasteiger partial charge in [0, 0.05) is 45.8 Å². The molecule has 0 fully saturated rings. The molecule has 0 aromatic carbocycles. The topological polar surface area (TPSA) is 59.6 Å². The molecule has 5 heteroatoms. The summed E-state index contributed by atoms with van der Waals surface area (Å²) in [6.07, 6.45) is 0. The molecule has 0 aliphatic carbocycles. The minimum absolute atomic E-state index is 0.236. The fourth-order valence-electron chi connectivity index (χ4n) is 1.32. The fourth-order valence-corrected chi connectivity index (χ4v) is 1.32. The molecule has 15 heavy (non-hydrogen) atoms. The van der Waals surface area contributed by atoms with Crippen LogP contribution in [0.1, 0.15) is 0 Å². The second-order valence-corrected chi connectivity index (χ2v) is 3.52. The van der Waals surface area contributed by atoms with Crippen molar-refractivity contribution in [2.75, 3.05) is 66.5 Å². The van der Waals surface area contributed by atoms with E-state index < -0.39 is 0 Å². The summed E-state index contributed by atoms with van der Waals surface area (Å²) in [6.45, 7) is 6.92. The molecule has 0 aliphatic heterocycles. The lowest BCUT2D eigenvalue weighted by Crippen LogP contribution is -2.39. The van der Waals surface area contributed by atoms with Crippen LogP contribution in [-0.2, 0) is 0 Å². The molecule has 92 valence electrons. The number of aliphatic hydroxyl groups is 1. The van der Waals surface area contributed by atoms with E-state index >= 15 is 0 Å². The molecule has 0 radical (unpaired) electrons. The lowest BCUT2D eigenvalue weighted by atomic mass is 10.4. The summed E-state index contributed by atoms with van der Waals surface area (Å²) in [5, 5.41) is 18.4. The highest BCUT2D eigenvalue weighted by Crippen LogP contribution is 1.84. The summed E-state index contributed by atoms with van der Waals surface area (Å²) in [5.74, 6) is 0. The van der Waals surface area contributed by atoms with Crippen LogP contribution in [0.25, 0.3) is 0 Å². The number of nitrogens with zero attached hydrogens (tertiary/aromatic N) is 1. The first-order chi connectivity index (χ1) is 7.35. The Bertz CT molecular complexity index is 124. The summed E-state index contributed by atoms with van der Waals surface area (Å²) < 4.78 is 0. The number of rotatable bonds is 11. The molecule has 0 bridgehead atoms. The number of hydrogen-bond acceptors (Lipinski definition) is 5. The van der Waals surface area contributed by atoms with Crippen LogP contribution in [0.4, 0.5) is 0 Å². The third-order valence-corrected chi connectivity index (χ3v) is 2.25. The van der Waals surface area contributed by atoms with Gasteiger partial charge in [0.2, 0.25) is 0 Å². The van der Waals surface area contributed by atoms with Crippen molar-refractivity contribution in [3.8, 4) is 0 Å². The summed E-state index contributed by atoms with van der Waals surface area (Å²) in [6, 6.07) is 0. The molecule has 0 atom stereocenters. The molecule has 0 rings (SSSR count). The van der Waals surface area contributed by atoms with Crippen LogP contribution in [0.3, 0.4) is 0 Å². The summed E-state index contributed by atoms with van der Waals surface area (Å²) >= 11 is 0. The third-order valence-electron chi connectivity index (χ3n) is 2.25. The summed E-state index contributed by atoms with van der Waals surface area (Å²) in [7, 11) is 3.90. The highest BCUT2D eigenvalue weighted by Gasteiger charge is 2.02. The van der Waals surface area contributed by atoms with Crippen molar-refractivity contribution in [3.63, 3.8) is 0 Å². The van der Waals surface area contributed by atoms with Crippen molar-refractivity contribution < 1.29 is 5.11 Å². The number of likely N-dealkylation sites (N-methyl/N-ethyl adjacent to an activating group) is 2. The first-order valence-electron chi connectivity index (χ1n) is 5.68. The molecule has 0 saturated carbocycles. The van der Waals surface area contributed by atoms with Gasteiger partial charge in [-0.05, 0) is 14.1 Å². The third kappa shape index (κ3) is 10.1. The molecule has 0 spiro atoms. The Morgan fingerprint density at radius 3 is 2.13 bits per heavy atom. The molecule has 5 nitrogen and oxygen atoms in total. The van der Waals surface area contributed by atoms with E-state index in [1.54, 1.807) is 0 Å². The largest absolute Gasteiger partial charge is 0.395 e. The highest BCUT2D eigenvalue weighted by atomic mass is 16.3. The zero-order chi connectivity index (χ0) is 11.4. The Morgan fingerprint density at radius 1 is 0.867 bits per heavy atom. The minimum Gasteiger partial charge on any atom is -0.395 e. The van der Waals surface area contributed by atoms with Gasteiger partial charge < -0.3 is 21.1 Å². The quantitative estimate of drug-likeness (QED) is 0.312. The maximum absolute atomic E-state index is 8.88. The zero-order valence-corrected chi connectivity index (χ0v) is 10.1. The monoisotopic (exact) mass is 218 g/mol. The molecule has 0 saturated heterocycles. The van der Waals surface area contributed by atoms with E-state index in [4.69, 9.17) is 5.11 Å². The lowest BCUT2D eigenvalue weighted by molar-refractivity contribution is 0.197. The van der Waals surface area contributed by atoms with E-state index in [1.165, 1.54) is 0 Å². The molecule has 0 aliphatic rings. The fraction of sp³-hybridized carbons (Fsp3) is 1.00. The molecule has 4 N–H and O–H groups in total. The Kier molecular flexibility index (Phi) is 11.7. The maximum Gasteiger partial charge on any atom is 0.0558 e. The molecular formula is C10H26N4O. The Labute approximate surface area is 93.2 Å². The summed E-state index contributed by atoms with van der Waals surface area (Å²) in [5.41, 5.74) is 0. The van der Waals surface area contributed by atoms with Crippen molar-refractivity contribution in [2.45, 2.75) is 0 Å². The molecule has 0 aromatic rings. The van der Waals surface area contributed by atoms with Crippen molar-refractivity contribution in [3.05, 3.63) is 0 Å². The molecular weight excluding hydrogens is 192 g/mol. The molecule has 0 heterocycles. The van der Waals surface area contributed by atoms with Crippen LogP contribution in [-0.4, -0.2) is 76.5 Å². The van der Waals surface area contributed by atoms with E-state index in [-0.39, 0.29) is 6.61 Å². The SMILES string of the molecule is CNCCNCCN(CCO)CCNC. The molecule has 0 unspecified atom stereocenters. The van der Waals surface area contributed by atoms with Gasteiger partial charge in [0.05, 0.1) is 6.61 Å². The van der Waals surface area contributed by atoms with Gasteiger partial charge >= 0.3 is 0 Å². The lowest BCUT2D eigenvalue weighted by Gasteiger charge is -2.21. The molecule has 0 amide bonds. The van der Waals surface area contributed by atoms with Gasteiger partial charge in [-0.25, -0.2) is 0 Å². The standard InChI is InChI=1S/C10H26N4O/c1-11-3-4-13-6-8-14(9-10-15)7-5-12-2/h11-13,15H,3-10H2,1-2H3. The predicted octanol–water partition coefficient (Wildman–Crippen LogP) is -1.69. The minimum atomic E-state index is 0.236. The van der Waals surface area contributed by atoms with Gasteiger partial charge in [-0.3, -0.25) is 4.90 Å². The van der Waals surface area contributed by atoms with Crippen LogP contribution < -0.4 is 16.0 Å². The van der Waals surface area contributed by atoms with Crippen LogP contribution in [0.5, 0.6) is 0 Å². The van der Waals surface area contributed by atoms with Crippen molar-refractivity contribution >= 4 is 0 Å². The first kappa shape index (κ1) is 14.8. The molecule has 0 aromatic heterocycles. The van der Waals surface area contributed by atoms with Crippen molar-refractivity contribution in [1.82, 2.24) is 20.9 Å². The zero-order valence-electron chi connectivity index (χ0n) is 10.1. The Hall–Kier alpha value is -0.200. The van der Waals surface area contributed by atoms with Crippen LogP contribution >= 0.6 is 0 Å². The first-order valence-corrected chi connectivity index (χ1v) is 5.68. The average Bonchev–Trinajstić information content (AvgIpc) is 2.25. The summed E-state index contributed by atoms with van der Waals surface area (Å²) in [4.78, 5) is 2.25. The van der Waals surface area contributed by atoms with Crippen LogP contribution in [0.2, 0.25) is 0 Å². The second-order valence-electron chi connectivity index (χ2n) is 3.52. The van der Waals surface area contributed by atoms with Gasteiger partial charge in [0.25, 0.3) is 0 Å². The van der Waals surface area contributed by atoms with E-state index in [0.29, 0.717) is 0 Å². The highest BCUT2D eigenvalue weighted by molar-refractivity contribution is 4.61. The number of aliphatic hydroxyl groups excluding tert-OH is 1. The van der Waals surface area contributed by atoms with Gasteiger partial charge in [0.15, 0.2) is 0 Å². The normalized spacial score (nSPS) is 11.2. The number of nitrogens with one attached hydrogen (secondary N) is 3. The van der Waals surface area contributed by atoms with Gasteiger partial charge in [-0.1, -0.05) is 0 Å². The van der Waals surface area contributed by atoms with Crippen molar-refractivity contribution in [2.24, 2.45) is 0 Å². The van der Waals surface area contributed by atoms with Gasteiger partial charge in [-0.2, -0.15) is 0 Å². The maximum atomic E-state index is 8.88. The van der Waals surface area contributed by atoms with Crippen molar-refractivity contribution in [1.29, 1.82) is 0 Å². The van der Waals surface area contributed by atoms with E-state index in [0.717, 1.165) is 45.8 Å². The van der Waals surface area contributed by atoms with E-state index in [1.807, 2.05) is 14.1 Å². The average molecular weight is 218 g/mol. The Morgan fingerprint density at radius 2 is 1.53 bits per heavy atom. The van der Waals surface area contributed by atoms with E-state index in [2.05, 4.69) is 20.9 Å². The van der Waals surface area contributed by atoms with Gasteiger partial charge in [0.1, 0.15) is 0 Å².